The number of piperazine rings is 2. The van der Waals surface area contributed by atoms with E-state index in [4.69, 9.17) is 11.6 Å². The van der Waals surface area contributed by atoms with E-state index in [1.54, 1.807) is 21.9 Å². The fraction of sp³-hybridized carbons (Fsp3) is 0.519. The first kappa shape index (κ1) is 25.7. The molecule has 3 heterocycles. The largest absolute Gasteiger partial charge is 0.369 e. The summed E-state index contributed by atoms with van der Waals surface area (Å²) in [6, 6.07) is 7.25. The number of nitrogens with zero attached hydrogens (tertiary/aromatic N) is 4. The van der Waals surface area contributed by atoms with Gasteiger partial charge in [-0.2, -0.15) is 0 Å². The van der Waals surface area contributed by atoms with Crippen LogP contribution in [-0.2, 0) is 0 Å². The molecule has 0 bridgehead atoms. The number of nitrogens with one attached hydrogen (secondary N) is 1. The highest BCUT2D eigenvalue weighted by molar-refractivity contribution is 6.31. The molecule has 0 spiro atoms. The van der Waals surface area contributed by atoms with Gasteiger partial charge in [0.15, 0.2) is 0 Å². The minimum absolute atomic E-state index is 0.0411. The topological polar surface area (TPSA) is 78.0 Å². The molecule has 2 aromatic rings. The Labute approximate surface area is 221 Å². The van der Waals surface area contributed by atoms with Gasteiger partial charge in [0.05, 0.1) is 5.56 Å². The third-order valence-electron chi connectivity index (χ3n) is 7.71. The number of benzene rings is 1. The number of pyridine rings is 1. The van der Waals surface area contributed by atoms with Crippen LogP contribution in [0, 0.1) is 0 Å². The summed E-state index contributed by atoms with van der Waals surface area (Å²) in [6.45, 7) is 5.20. The van der Waals surface area contributed by atoms with Gasteiger partial charge in [-0.3, -0.25) is 14.5 Å². The SMILES string of the molecule is O=C(c1cc(Cl)cc(N2CCNCC2)c1)N1CCN(C(=O)c2cnc(OF)c(C3CCCCC3)c2)CC1. The van der Waals surface area contributed by atoms with E-state index in [2.05, 4.69) is 20.1 Å². The predicted molar refractivity (Wildman–Crippen MR) is 140 cm³/mol. The van der Waals surface area contributed by atoms with Crippen molar-refractivity contribution in [3.8, 4) is 5.88 Å². The lowest BCUT2D eigenvalue weighted by Crippen LogP contribution is -2.50. The Morgan fingerprint density at radius 3 is 2.19 bits per heavy atom. The van der Waals surface area contributed by atoms with E-state index in [-0.39, 0.29) is 23.6 Å². The summed E-state index contributed by atoms with van der Waals surface area (Å²) in [5, 5.41) is 3.87. The van der Waals surface area contributed by atoms with E-state index < -0.39 is 0 Å². The molecule has 2 aliphatic heterocycles. The molecule has 198 valence electrons. The number of amides is 2. The van der Waals surface area contributed by atoms with E-state index in [0.29, 0.717) is 47.9 Å². The van der Waals surface area contributed by atoms with E-state index in [0.717, 1.165) is 57.5 Å². The van der Waals surface area contributed by atoms with Crippen molar-refractivity contribution in [2.24, 2.45) is 0 Å². The minimum atomic E-state index is -0.161. The van der Waals surface area contributed by atoms with Gasteiger partial charge in [-0.05, 0) is 43.0 Å². The van der Waals surface area contributed by atoms with Gasteiger partial charge < -0.3 is 20.0 Å². The number of rotatable bonds is 5. The van der Waals surface area contributed by atoms with Crippen molar-refractivity contribution < 1.29 is 19.1 Å². The first-order chi connectivity index (χ1) is 18.0. The molecule has 3 aliphatic rings. The second-order valence-electron chi connectivity index (χ2n) is 10.1. The summed E-state index contributed by atoms with van der Waals surface area (Å²) >= 11 is 6.37. The molecule has 1 aromatic heterocycles. The van der Waals surface area contributed by atoms with Gasteiger partial charge in [0, 0.05) is 84.9 Å². The van der Waals surface area contributed by atoms with Crippen LogP contribution in [0.1, 0.15) is 64.3 Å². The third-order valence-corrected chi connectivity index (χ3v) is 7.93. The normalized spacial score (nSPS) is 19.1. The highest BCUT2D eigenvalue weighted by Crippen LogP contribution is 2.37. The van der Waals surface area contributed by atoms with Crippen LogP contribution in [0.3, 0.4) is 0 Å². The maximum atomic E-state index is 13.3. The predicted octanol–water partition coefficient (Wildman–Crippen LogP) is 4.05. The molecule has 37 heavy (non-hydrogen) atoms. The van der Waals surface area contributed by atoms with Crippen LogP contribution >= 0.6 is 11.6 Å². The molecule has 0 atom stereocenters. The van der Waals surface area contributed by atoms with Gasteiger partial charge in [0.1, 0.15) is 0 Å². The van der Waals surface area contributed by atoms with Crippen molar-refractivity contribution in [1.82, 2.24) is 20.1 Å². The van der Waals surface area contributed by atoms with Gasteiger partial charge >= 0.3 is 0 Å². The first-order valence-corrected chi connectivity index (χ1v) is 13.5. The van der Waals surface area contributed by atoms with E-state index in [9.17, 15) is 14.1 Å². The van der Waals surface area contributed by atoms with Gasteiger partial charge in [-0.25, -0.2) is 4.98 Å². The fourth-order valence-electron chi connectivity index (χ4n) is 5.64. The van der Waals surface area contributed by atoms with Gasteiger partial charge in [-0.15, -0.1) is 0 Å². The molecule has 1 aromatic carbocycles. The van der Waals surface area contributed by atoms with Gasteiger partial charge in [0.2, 0.25) is 0 Å². The van der Waals surface area contributed by atoms with Crippen LogP contribution in [0.2, 0.25) is 5.02 Å². The van der Waals surface area contributed by atoms with Crippen molar-refractivity contribution in [2.45, 2.75) is 38.0 Å². The first-order valence-electron chi connectivity index (χ1n) is 13.2. The average Bonchev–Trinajstić information content (AvgIpc) is 2.96. The quantitative estimate of drug-likeness (QED) is 0.629. The molecule has 2 amide bonds. The highest BCUT2D eigenvalue weighted by atomic mass is 35.5. The number of hydrogen-bond donors (Lipinski definition) is 1. The molecule has 1 saturated carbocycles. The lowest BCUT2D eigenvalue weighted by Gasteiger charge is -2.35. The number of carbonyl (C=O) groups excluding carboxylic acids is 2. The lowest BCUT2D eigenvalue weighted by molar-refractivity contribution is -0.0137. The second kappa shape index (κ2) is 11.6. The van der Waals surface area contributed by atoms with Gasteiger partial charge in [0.25, 0.3) is 17.7 Å². The number of halogens is 2. The van der Waals surface area contributed by atoms with Gasteiger partial charge in [-0.1, -0.05) is 30.9 Å². The summed E-state index contributed by atoms with van der Waals surface area (Å²) in [5.74, 6) is -0.138. The summed E-state index contributed by atoms with van der Waals surface area (Å²) in [4.78, 5) is 40.4. The zero-order valence-corrected chi connectivity index (χ0v) is 21.7. The molecule has 8 nitrogen and oxygen atoms in total. The minimum Gasteiger partial charge on any atom is -0.369 e. The van der Waals surface area contributed by atoms with Crippen molar-refractivity contribution in [3.05, 3.63) is 52.2 Å². The summed E-state index contributed by atoms with van der Waals surface area (Å²) in [5.41, 5.74) is 2.61. The Morgan fingerprint density at radius 2 is 1.54 bits per heavy atom. The Hall–Kier alpha value is -2.91. The second-order valence-corrected chi connectivity index (χ2v) is 10.5. The Balaban J connectivity index is 1.24. The Kier molecular flexibility index (Phi) is 8.10. The summed E-state index contributed by atoms with van der Waals surface area (Å²) in [7, 11) is 0. The summed E-state index contributed by atoms with van der Waals surface area (Å²) < 4.78 is 13.1. The van der Waals surface area contributed by atoms with Crippen molar-refractivity contribution >= 4 is 29.1 Å². The third kappa shape index (κ3) is 5.83. The van der Waals surface area contributed by atoms with E-state index in [1.165, 1.54) is 12.6 Å². The van der Waals surface area contributed by atoms with Crippen LogP contribution in [0.4, 0.5) is 10.2 Å². The van der Waals surface area contributed by atoms with Crippen molar-refractivity contribution in [1.29, 1.82) is 0 Å². The molecule has 1 aliphatic carbocycles. The molecule has 3 fully saturated rings. The smallest absolute Gasteiger partial charge is 0.266 e. The molecule has 1 N–H and O–H groups in total. The molecule has 10 heteroatoms. The Morgan fingerprint density at radius 1 is 0.892 bits per heavy atom. The summed E-state index contributed by atoms with van der Waals surface area (Å²) in [6.07, 6.45) is 6.59. The number of anilines is 1. The van der Waals surface area contributed by atoms with Crippen LogP contribution in [-0.4, -0.2) is 79.0 Å². The maximum Gasteiger partial charge on any atom is 0.266 e. The number of aromatic nitrogens is 1. The van der Waals surface area contributed by atoms with Crippen LogP contribution < -0.4 is 15.2 Å². The van der Waals surface area contributed by atoms with Crippen molar-refractivity contribution in [3.63, 3.8) is 0 Å². The molecule has 0 unspecified atom stereocenters. The van der Waals surface area contributed by atoms with Crippen molar-refractivity contribution in [2.75, 3.05) is 57.3 Å². The van der Waals surface area contributed by atoms with Crippen LogP contribution in [0.5, 0.6) is 5.88 Å². The molecular formula is C27H33ClFN5O3. The molecular weight excluding hydrogens is 497 g/mol. The van der Waals surface area contributed by atoms with Crippen LogP contribution in [0.15, 0.2) is 30.5 Å². The molecule has 5 rings (SSSR count). The number of carbonyl (C=O) groups is 2. The van der Waals surface area contributed by atoms with Crippen LogP contribution in [0.25, 0.3) is 0 Å². The molecule has 0 radical (unpaired) electrons. The fourth-order valence-corrected chi connectivity index (χ4v) is 5.87. The Bertz CT molecular complexity index is 1130. The standard InChI is InChI=1S/C27H33ClFN5O3/c28-22-14-20(15-23(17-22)32-8-6-30-7-9-32)26(35)33-10-12-34(13-11-33)27(36)21-16-24(25(37-29)31-18-21)19-4-2-1-3-5-19/h14-19,30H,1-13H2. The van der Waals surface area contributed by atoms with E-state index in [1.807, 2.05) is 12.1 Å². The molecule has 2 saturated heterocycles. The lowest BCUT2D eigenvalue weighted by atomic mass is 9.84. The monoisotopic (exact) mass is 529 g/mol. The maximum absolute atomic E-state index is 13.3. The number of hydrogen-bond acceptors (Lipinski definition) is 6. The highest BCUT2D eigenvalue weighted by Gasteiger charge is 2.28. The zero-order valence-electron chi connectivity index (χ0n) is 20.9. The average molecular weight is 530 g/mol. The zero-order chi connectivity index (χ0) is 25.8. The van der Waals surface area contributed by atoms with E-state index >= 15 is 0 Å².